The maximum Gasteiger partial charge on any atom is 0.309 e. The quantitative estimate of drug-likeness (QED) is 0.556. The average Bonchev–Trinajstić information content (AvgIpc) is 3.15. The second-order valence-corrected chi connectivity index (χ2v) is 5.97. The molecule has 26 heavy (non-hydrogen) atoms. The Hall–Kier alpha value is -2.36. The lowest BCUT2D eigenvalue weighted by atomic mass is 10.0. The maximum atomic E-state index is 12.0. The van der Waals surface area contributed by atoms with Crippen LogP contribution < -0.4 is 20.1 Å². The molecule has 0 bridgehead atoms. The zero-order valence-corrected chi connectivity index (χ0v) is 14.4. The summed E-state index contributed by atoms with van der Waals surface area (Å²) >= 11 is 0. The molecule has 9 heteroatoms. The van der Waals surface area contributed by atoms with E-state index < -0.39 is 11.8 Å². The molecular formula is C17H23N3O6. The van der Waals surface area contributed by atoms with Gasteiger partial charge in [0.25, 0.3) is 0 Å². The molecule has 142 valence electrons. The van der Waals surface area contributed by atoms with Crippen molar-refractivity contribution in [3.8, 4) is 11.5 Å². The minimum absolute atomic E-state index is 0.0430. The normalized spacial score (nSPS) is 17.6. The number of aliphatic hydroxyl groups excluding tert-OH is 1. The first-order valence-electron chi connectivity index (χ1n) is 8.57. The van der Waals surface area contributed by atoms with Gasteiger partial charge in [-0.05, 0) is 17.7 Å². The van der Waals surface area contributed by atoms with Crippen LogP contribution in [0.25, 0.3) is 0 Å². The zero-order chi connectivity index (χ0) is 18.4. The molecule has 2 aliphatic rings. The first-order valence-corrected chi connectivity index (χ1v) is 8.57. The lowest BCUT2D eigenvalue weighted by Crippen LogP contribution is -2.47. The number of rotatable bonds is 6. The minimum atomic E-state index is -0.759. The summed E-state index contributed by atoms with van der Waals surface area (Å²) in [4.78, 5) is 25.8. The number of hydrogen-bond donors (Lipinski definition) is 3. The number of ether oxygens (including phenoxy) is 3. The van der Waals surface area contributed by atoms with Crippen LogP contribution in [0.3, 0.4) is 0 Å². The van der Waals surface area contributed by atoms with Gasteiger partial charge in [-0.2, -0.15) is 0 Å². The fourth-order valence-electron chi connectivity index (χ4n) is 2.99. The van der Waals surface area contributed by atoms with Crippen LogP contribution in [0.15, 0.2) is 18.2 Å². The molecule has 2 amide bonds. The van der Waals surface area contributed by atoms with Crippen molar-refractivity contribution >= 4 is 11.8 Å². The minimum Gasteiger partial charge on any atom is -0.454 e. The molecule has 3 N–H and O–H groups in total. The number of hydrogen-bond acceptors (Lipinski definition) is 7. The molecule has 0 aliphatic carbocycles. The third-order valence-corrected chi connectivity index (χ3v) is 4.33. The van der Waals surface area contributed by atoms with Crippen molar-refractivity contribution < 1.29 is 28.9 Å². The SMILES string of the molecule is O=C(NCCO)C(=O)NC[C@@H](c1ccc2c(c1)OCO2)N1CCOCC1. The average molecular weight is 365 g/mol. The fraction of sp³-hybridized carbons (Fsp3) is 0.529. The number of aliphatic hydroxyl groups is 1. The van der Waals surface area contributed by atoms with Gasteiger partial charge >= 0.3 is 11.8 Å². The van der Waals surface area contributed by atoms with E-state index in [0.717, 1.165) is 18.7 Å². The summed E-state index contributed by atoms with van der Waals surface area (Å²) in [5.41, 5.74) is 0.965. The largest absolute Gasteiger partial charge is 0.454 e. The van der Waals surface area contributed by atoms with E-state index in [4.69, 9.17) is 19.3 Å². The monoisotopic (exact) mass is 365 g/mol. The van der Waals surface area contributed by atoms with Gasteiger partial charge in [0, 0.05) is 26.2 Å². The van der Waals surface area contributed by atoms with Crippen molar-refractivity contribution in [3.05, 3.63) is 23.8 Å². The van der Waals surface area contributed by atoms with E-state index in [0.29, 0.717) is 24.7 Å². The Bertz CT molecular complexity index is 647. The van der Waals surface area contributed by atoms with E-state index in [1.54, 1.807) is 0 Å². The molecular weight excluding hydrogens is 342 g/mol. The van der Waals surface area contributed by atoms with Crippen LogP contribution in [0.1, 0.15) is 11.6 Å². The van der Waals surface area contributed by atoms with Gasteiger partial charge in [0.15, 0.2) is 11.5 Å². The van der Waals surface area contributed by atoms with Gasteiger partial charge in [0.1, 0.15) is 0 Å². The number of benzene rings is 1. The molecule has 1 atom stereocenters. The molecule has 9 nitrogen and oxygen atoms in total. The van der Waals surface area contributed by atoms with Crippen LogP contribution in [0.5, 0.6) is 11.5 Å². The van der Waals surface area contributed by atoms with Crippen molar-refractivity contribution in [2.45, 2.75) is 6.04 Å². The topological polar surface area (TPSA) is 109 Å². The molecule has 0 saturated carbocycles. The van der Waals surface area contributed by atoms with E-state index in [1.165, 1.54) is 0 Å². The molecule has 1 saturated heterocycles. The van der Waals surface area contributed by atoms with Gasteiger partial charge in [-0.25, -0.2) is 0 Å². The van der Waals surface area contributed by atoms with E-state index in [9.17, 15) is 9.59 Å². The van der Waals surface area contributed by atoms with E-state index >= 15 is 0 Å². The van der Waals surface area contributed by atoms with Crippen LogP contribution in [-0.2, 0) is 14.3 Å². The molecule has 2 aliphatic heterocycles. The Morgan fingerprint density at radius 2 is 1.85 bits per heavy atom. The predicted octanol–water partition coefficient (Wildman–Crippen LogP) is -0.987. The van der Waals surface area contributed by atoms with Crippen molar-refractivity contribution in [1.29, 1.82) is 0 Å². The van der Waals surface area contributed by atoms with Crippen molar-refractivity contribution in [2.24, 2.45) is 0 Å². The van der Waals surface area contributed by atoms with Gasteiger partial charge in [0.2, 0.25) is 6.79 Å². The summed E-state index contributed by atoms with van der Waals surface area (Å²) in [7, 11) is 0. The highest BCUT2D eigenvalue weighted by Crippen LogP contribution is 2.35. The fourth-order valence-corrected chi connectivity index (χ4v) is 2.99. The summed E-state index contributed by atoms with van der Waals surface area (Å²) in [6.07, 6.45) is 0. The van der Waals surface area contributed by atoms with Crippen LogP contribution in [0, 0.1) is 0 Å². The third-order valence-electron chi connectivity index (χ3n) is 4.33. The highest BCUT2D eigenvalue weighted by atomic mass is 16.7. The molecule has 1 fully saturated rings. The summed E-state index contributed by atoms with van der Waals surface area (Å²) in [6, 6.07) is 5.57. The predicted molar refractivity (Wildman–Crippen MR) is 90.8 cm³/mol. The maximum absolute atomic E-state index is 12.0. The molecule has 0 unspecified atom stereocenters. The number of nitrogens with zero attached hydrogens (tertiary/aromatic N) is 1. The van der Waals surface area contributed by atoms with Crippen LogP contribution >= 0.6 is 0 Å². The molecule has 1 aromatic carbocycles. The van der Waals surface area contributed by atoms with Gasteiger partial charge in [0.05, 0.1) is 25.9 Å². The first kappa shape index (κ1) is 18.4. The lowest BCUT2D eigenvalue weighted by molar-refractivity contribution is -0.139. The van der Waals surface area contributed by atoms with E-state index in [2.05, 4.69) is 15.5 Å². The van der Waals surface area contributed by atoms with E-state index in [1.807, 2.05) is 18.2 Å². The van der Waals surface area contributed by atoms with Crippen LogP contribution in [-0.4, -0.2) is 74.6 Å². The summed E-state index contributed by atoms with van der Waals surface area (Å²) < 4.78 is 16.2. The van der Waals surface area contributed by atoms with Crippen molar-refractivity contribution in [2.75, 3.05) is 52.8 Å². The Labute approximate surface area is 151 Å². The van der Waals surface area contributed by atoms with Crippen molar-refractivity contribution in [1.82, 2.24) is 15.5 Å². The number of carbonyl (C=O) groups is 2. The molecule has 2 heterocycles. The second-order valence-electron chi connectivity index (χ2n) is 5.97. The molecule has 0 spiro atoms. The molecule has 1 aromatic rings. The smallest absolute Gasteiger partial charge is 0.309 e. The van der Waals surface area contributed by atoms with Crippen LogP contribution in [0.2, 0.25) is 0 Å². The Morgan fingerprint density at radius 3 is 2.62 bits per heavy atom. The standard InChI is InChI=1S/C17H23N3O6/c21-6-3-18-16(22)17(23)19-10-13(20-4-7-24-8-5-20)12-1-2-14-15(9-12)26-11-25-14/h1-2,9,13,21H,3-8,10-11H2,(H,18,22)(H,19,23)/t13-/m0/s1. The lowest BCUT2D eigenvalue weighted by Gasteiger charge is -2.34. The highest BCUT2D eigenvalue weighted by Gasteiger charge is 2.26. The van der Waals surface area contributed by atoms with Crippen LogP contribution in [0.4, 0.5) is 0 Å². The molecule has 0 aromatic heterocycles. The summed E-state index contributed by atoms with van der Waals surface area (Å²) in [6.45, 7) is 2.98. The zero-order valence-electron chi connectivity index (χ0n) is 14.4. The summed E-state index contributed by atoms with van der Waals surface area (Å²) in [5, 5.41) is 13.7. The molecule has 3 rings (SSSR count). The number of nitrogens with one attached hydrogen (secondary N) is 2. The van der Waals surface area contributed by atoms with Gasteiger partial charge in [-0.15, -0.1) is 0 Å². The van der Waals surface area contributed by atoms with Gasteiger partial charge in [-0.3, -0.25) is 14.5 Å². The van der Waals surface area contributed by atoms with Crippen molar-refractivity contribution in [3.63, 3.8) is 0 Å². The number of carbonyl (C=O) groups excluding carboxylic acids is 2. The van der Waals surface area contributed by atoms with Gasteiger partial charge < -0.3 is 30.0 Å². The first-order chi connectivity index (χ1) is 12.7. The molecule has 0 radical (unpaired) electrons. The number of amides is 2. The Kier molecular flexibility index (Phi) is 6.26. The van der Waals surface area contributed by atoms with E-state index in [-0.39, 0.29) is 32.5 Å². The number of morpholine rings is 1. The number of fused-ring (bicyclic) bond motifs is 1. The second kappa shape index (κ2) is 8.84. The van der Waals surface area contributed by atoms with Gasteiger partial charge in [-0.1, -0.05) is 6.07 Å². The Balaban J connectivity index is 1.69. The summed E-state index contributed by atoms with van der Waals surface area (Å²) in [5.74, 6) is -0.113. The highest BCUT2D eigenvalue weighted by molar-refractivity contribution is 6.35. The third kappa shape index (κ3) is 4.43. The Morgan fingerprint density at radius 1 is 1.12 bits per heavy atom.